The first-order chi connectivity index (χ1) is 13.2. The fraction of sp³-hybridized carbons (Fsp3) is 0.450. The molecule has 2 N–H and O–H groups in total. The summed E-state index contributed by atoms with van der Waals surface area (Å²) in [5.74, 6) is 0.779. The molecule has 8 heteroatoms. The second kappa shape index (κ2) is 12.0. The zero-order chi connectivity index (χ0) is 19.1. The Bertz CT molecular complexity index is 764. The van der Waals surface area contributed by atoms with Crippen LogP contribution in [0.15, 0.2) is 41.4 Å². The van der Waals surface area contributed by atoms with Crippen molar-refractivity contribution >= 4 is 52.9 Å². The minimum absolute atomic E-state index is 0. The van der Waals surface area contributed by atoms with E-state index in [-0.39, 0.29) is 24.0 Å². The molecule has 1 atom stereocenters. The molecule has 1 aromatic carbocycles. The lowest BCUT2D eigenvalue weighted by atomic mass is 10.2. The van der Waals surface area contributed by atoms with Crippen LogP contribution >= 0.6 is 46.9 Å². The summed E-state index contributed by atoms with van der Waals surface area (Å²) < 4.78 is 5.53. The molecule has 0 spiro atoms. The molecule has 0 radical (unpaired) electrons. The molecule has 2 aromatic rings. The summed E-state index contributed by atoms with van der Waals surface area (Å²) >= 11 is 8.11. The number of guanidine groups is 1. The van der Waals surface area contributed by atoms with Crippen molar-refractivity contribution in [3.05, 3.63) is 56.7 Å². The smallest absolute Gasteiger partial charge is 0.191 e. The third-order valence-corrected chi connectivity index (χ3v) is 6.14. The summed E-state index contributed by atoms with van der Waals surface area (Å²) in [5.41, 5.74) is 1.06. The van der Waals surface area contributed by atoms with Crippen molar-refractivity contribution in [2.24, 2.45) is 4.99 Å². The molecule has 5 nitrogen and oxygen atoms in total. The Kier molecular flexibility index (Phi) is 10.0. The molecule has 0 bridgehead atoms. The Morgan fingerprint density at radius 2 is 1.96 bits per heavy atom. The van der Waals surface area contributed by atoms with Gasteiger partial charge in [0.25, 0.3) is 0 Å². The van der Waals surface area contributed by atoms with Crippen LogP contribution in [0.5, 0.6) is 0 Å². The molecule has 2 heterocycles. The number of aryl methyl sites for hydroxylation is 1. The quantitative estimate of drug-likeness (QED) is 0.333. The lowest BCUT2D eigenvalue weighted by molar-refractivity contribution is 0.0177. The highest BCUT2D eigenvalue weighted by atomic mass is 127. The van der Waals surface area contributed by atoms with Gasteiger partial charge >= 0.3 is 0 Å². The van der Waals surface area contributed by atoms with Gasteiger partial charge in [-0.15, -0.1) is 35.3 Å². The van der Waals surface area contributed by atoms with Crippen molar-refractivity contribution in [1.82, 2.24) is 15.5 Å². The normalized spacial score (nSPS) is 16.3. The van der Waals surface area contributed by atoms with E-state index in [1.807, 2.05) is 35.6 Å². The van der Waals surface area contributed by atoms with Crippen LogP contribution in [0.1, 0.15) is 21.4 Å². The number of hydrogen-bond donors (Lipinski definition) is 2. The Morgan fingerprint density at radius 1 is 1.21 bits per heavy atom. The van der Waals surface area contributed by atoms with Crippen molar-refractivity contribution in [2.75, 3.05) is 39.9 Å². The summed E-state index contributed by atoms with van der Waals surface area (Å²) in [7, 11) is 1.79. The predicted molar refractivity (Wildman–Crippen MR) is 129 cm³/mol. The van der Waals surface area contributed by atoms with E-state index in [4.69, 9.17) is 16.3 Å². The Labute approximate surface area is 193 Å². The maximum absolute atomic E-state index is 6.24. The first-order valence-electron chi connectivity index (χ1n) is 9.23. The molecule has 0 aliphatic carbocycles. The molecule has 28 heavy (non-hydrogen) atoms. The van der Waals surface area contributed by atoms with Gasteiger partial charge < -0.3 is 15.4 Å². The van der Waals surface area contributed by atoms with Crippen molar-refractivity contribution in [1.29, 1.82) is 0 Å². The minimum atomic E-state index is 0. The Morgan fingerprint density at radius 3 is 2.61 bits per heavy atom. The third kappa shape index (κ3) is 6.59. The summed E-state index contributed by atoms with van der Waals surface area (Å²) in [6, 6.07) is 12.6. The first kappa shape index (κ1) is 23.4. The van der Waals surface area contributed by atoms with Crippen molar-refractivity contribution < 1.29 is 4.74 Å². The summed E-state index contributed by atoms with van der Waals surface area (Å²) in [6.07, 6.45) is 0. The second-order valence-corrected chi connectivity index (χ2v) is 8.24. The van der Waals surface area contributed by atoms with Crippen LogP contribution in [0.2, 0.25) is 5.02 Å². The highest BCUT2D eigenvalue weighted by molar-refractivity contribution is 14.0. The molecule has 1 aliphatic rings. The number of ether oxygens (including phenoxy) is 1. The number of rotatable bonds is 6. The van der Waals surface area contributed by atoms with E-state index in [1.54, 1.807) is 7.05 Å². The van der Waals surface area contributed by atoms with Gasteiger partial charge in [-0.25, -0.2) is 0 Å². The number of thiophene rings is 1. The fourth-order valence-electron chi connectivity index (χ4n) is 3.17. The van der Waals surface area contributed by atoms with E-state index in [2.05, 4.69) is 39.6 Å². The highest BCUT2D eigenvalue weighted by Crippen LogP contribution is 2.27. The molecule has 1 aromatic heterocycles. The van der Waals surface area contributed by atoms with Crippen molar-refractivity contribution in [2.45, 2.75) is 19.5 Å². The van der Waals surface area contributed by atoms with Crippen LogP contribution in [-0.4, -0.2) is 50.8 Å². The Balaban J connectivity index is 0.00000280. The minimum Gasteiger partial charge on any atom is -0.379 e. The zero-order valence-electron chi connectivity index (χ0n) is 16.3. The molecular formula is C20H28ClIN4OS. The molecule has 0 saturated carbocycles. The van der Waals surface area contributed by atoms with Gasteiger partial charge in [0.1, 0.15) is 0 Å². The van der Waals surface area contributed by atoms with Crippen LogP contribution in [0.4, 0.5) is 0 Å². The van der Waals surface area contributed by atoms with E-state index >= 15 is 0 Å². The van der Waals surface area contributed by atoms with Gasteiger partial charge in [-0.2, -0.15) is 0 Å². The maximum Gasteiger partial charge on any atom is 0.191 e. The highest BCUT2D eigenvalue weighted by Gasteiger charge is 2.24. The third-order valence-electron chi connectivity index (χ3n) is 4.67. The van der Waals surface area contributed by atoms with Crippen LogP contribution in [0.25, 0.3) is 0 Å². The lowest BCUT2D eigenvalue weighted by Gasteiger charge is -2.34. The van der Waals surface area contributed by atoms with Gasteiger partial charge in [0.05, 0.1) is 19.3 Å². The van der Waals surface area contributed by atoms with Crippen LogP contribution in [-0.2, 0) is 11.3 Å². The SMILES string of the molecule is CN=C(NCc1ccccc1Cl)NCC(c1ccc(C)s1)N1CCOCC1.I. The molecule has 3 rings (SSSR count). The summed E-state index contributed by atoms with van der Waals surface area (Å²) in [6.45, 7) is 7.08. The standard InChI is InChI=1S/C20H27ClN4OS.HI/c1-15-7-8-19(27-15)18(25-9-11-26-12-10-25)14-24-20(22-2)23-13-16-5-3-4-6-17(16)21;/h3-8,18H,9-14H2,1-2H3,(H2,22,23,24);1H. The number of benzene rings is 1. The van der Waals surface area contributed by atoms with Crippen molar-refractivity contribution in [3.63, 3.8) is 0 Å². The van der Waals surface area contributed by atoms with Gasteiger partial charge in [0, 0.05) is 48.0 Å². The van der Waals surface area contributed by atoms with E-state index in [0.717, 1.165) is 49.4 Å². The molecule has 1 saturated heterocycles. The number of hydrogen-bond acceptors (Lipinski definition) is 4. The van der Waals surface area contributed by atoms with E-state index in [0.29, 0.717) is 12.6 Å². The average Bonchev–Trinajstić information content (AvgIpc) is 3.12. The number of nitrogens with zero attached hydrogens (tertiary/aromatic N) is 2. The van der Waals surface area contributed by atoms with Crippen LogP contribution < -0.4 is 10.6 Å². The average molecular weight is 535 g/mol. The summed E-state index contributed by atoms with van der Waals surface area (Å²) in [5, 5.41) is 7.60. The van der Waals surface area contributed by atoms with Gasteiger partial charge in [-0.05, 0) is 30.7 Å². The van der Waals surface area contributed by atoms with Gasteiger partial charge in [-0.3, -0.25) is 9.89 Å². The number of nitrogens with one attached hydrogen (secondary N) is 2. The van der Waals surface area contributed by atoms with Crippen molar-refractivity contribution in [3.8, 4) is 0 Å². The molecule has 1 fully saturated rings. The number of halogens is 2. The van der Waals surface area contributed by atoms with E-state index in [1.165, 1.54) is 9.75 Å². The molecule has 1 unspecified atom stereocenters. The Hall–Kier alpha value is -0.870. The van der Waals surface area contributed by atoms with E-state index < -0.39 is 0 Å². The largest absolute Gasteiger partial charge is 0.379 e. The lowest BCUT2D eigenvalue weighted by Crippen LogP contribution is -2.46. The number of morpholine rings is 1. The monoisotopic (exact) mass is 534 g/mol. The fourth-order valence-corrected chi connectivity index (χ4v) is 4.38. The first-order valence-corrected chi connectivity index (χ1v) is 10.4. The predicted octanol–water partition coefficient (Wildman–Crippen LogP) is 4.07. The van der Waals surface area contributed by atoms with E-state index in [9.17, 15) is 0 Å². The maximum atomic E-state index is 6.24. The molecule has 1 aliphatic heterocycles. The topological polar surface area (TPSA) is 48.9 Å². The van der Waals surface area contributed by atoms with Crippen LogP contribution in [0.3, 0.4) is 0 Å². The molecule has 154 valence electrons. The van der Waals surface area contributed by atoms with Crippen LogP contribution in [0, 0.1) is 6.92 Å². The van der Waals surface area contributed by atoms with Gasteiger partial charge in [0.15, 0.2) is 5.96 Å². The molecular weight excluding hydrogens is 507 g/mol. The second-order valence-electron chi connectivity index (χ2n) is 6.51. The van der Waals surface area contributed by atoms with Gasteiger partial charge in [-0.1, -0.05) is 29.8 Å². The molecule has 0 amide bonds. The zero-order valence-corrected chi connectivity index (χ0v) is 20.2. The van der Waals surface area contributed by atoms with Gasteiger partial charge in [0.2, 0.25) is 0 Å². The summed E-state index contributed by atoms with van der Waals surface area (Å²) in [4.78, 5) is 9.57. The number of aliphatic imine (C=N–C) groups is 1.